The third-order valence-corrected chi connectivity index (χ3v) is 6.16. The number of methoxy groups -OCH3 is 2. The average Bonchev–Trinajstić information content (AvgIpc) is 3.32. The van der Waals surface area contributed by atoms with E-state index in [9.17, 15) is 23.3 Å². The molecule has 0 spiro atoms. The molecule has 0 fully saturated rings. The number of aromatic nitrogens is 2. The minimum atomic E-state index is -4.27. The van der Waals surface area contributed by atoms with Gasteiger partial charge < -0.3 is 14.2 Å². The largest absolute Gasteiger partial charge is 0.497 e. The second-order valence-corrected chi connectivity index (χ2v) is 8.54. The molecule has 1 N–H and O–H groups in total. The van der Waals surface area contributed by atoms with Crippen molar-refractivity contribution in [3.8, 4) is 17.2 Å². The standard InChI is InChI=1S/C21H22N4O8S/c1-4-33-21(26)15-11-22-24(13-15)18-8-6-16(25(27)28)9-20(18)34(29,30)23-12-14-5-7-17(31-2)10-19(14)32-3/h5-11,13,23H,4,12H2,1-3H3. The summed E-state index contributed by atoms with van der Waals surface area (Å²) in [7, 11) is -1.35. The van der Waals surface area contributed by atoms with Gasteiger partial charge in [0.15, 0.2) is 0 Å². The van der Waals surface area contributed by atoms with E-state index in [4.69, 9.17) is 14.2 Å². The number of carbonyl (C=O) groups excluding carboxylic acids is 1. The van der Waals surface area contributed by atoms with Crippen LogP contribution in [0.25, 0.3) is 5.69 Å². The van der Waals surface area contributed by atoms with Gasteiger partial charge in [0.05, 0.1) is 43.2 Å². The van der Waals surface area contributed by atoms with Crippen LogP contribution >= 0.6 is 0 Å². The minimum absolute atomic E-state index is 0.00958. The average molecular weight is 490 g/mol. The third kappa shape index (κ3) is 5.32. The van der Waals surface area contributed by atoms with Gasteiger partial charge >= 0.3 is 5.97 Å². The molecule has 1 aromatic heterocycles. The van der Waals surface area contributed by atoms with E-state index >= 15 is 0 Å². The van der Waals surface area contributed by atoms with Crippen molar-refractivity contribution in [3.05, 3.63) is 70.0 Å². The maximum absolute atomic E-state index is 13.2. The molecule has 1 heterocycles. The van der Waals surface area contributed by atoms with Crippen molar-refractivity contribution < 1.29 is 32.3 Å². The van der Waals surface area contributed by atoms with Crippen molar-refractivity contribution in [2.75, 3.05) is 20.8 Å². The van der Waals surface area contributed by atoms with Crippen LogP contribution in [0.3, 0.4) is 0 Å². The lowest BCUT2D eigenvalue weighted by atomic mass is 10.2. The summed E-state index contributed by atoms with van der Waals surface area (Å²) in [6.07, 6.45) is 2.50. The van der Waals surface area contributed by atoms with Gasteiger partial charge in [0.2, 0.25) is 10.0 Å². The maximum atomic E-state index is 13.2. The molecule has 12 nitrogen and oxygen atoms in total. The van der Waals surface area contributed by atoms with Crippen molar-refractivity contribution in [2.45, 2.75) is 18.4 Å². The molecule has 0 aliphatic rings. The first kappa shape index (κ1) is 24.7. The van der Waals surface area contributed by atoms with Crippen LogP contribution < -0.4 is 14.2 Å². The van der Waals surface area contributed by atoms with E-state index in [1.54, 1.807) is 25.1 Å². The molecule has 0 atom stereocenters. The molecule has 2 aromatic carbocycles. The molecule has 0 radical (unpaired) electrons. The first-order chi connectivity index (χ1) is 16.2. The number of nitrogens with one attached hydrogen (secondary N) is 1. The van der Waals surface area contributed by atoms with Crippen LogP contribution in [-0.2, 0) is 21.3 Å². The fourth-order valence-corrected chi connectivity index (χ4v) is 4.26. The quantitative estimate of drug-likeness (QED) is 0.257. The normalized spacial score (nSPS) is 11.1. The monoisotopic (exact) mass is 490 g/mol. The molecule has 0 aliphatic heterocycles. The van der Waals surface area contributed by atoms with Crippen LogP contribution in [-0.4, -0.2) is 49.9 Å². The number of esters is 1. The number of carbonyl (C=O) groups is 1. The van der Waals surface area contributed by atoms with Crippen LogP contribution in [0.5, 0.6) is 11.5 Å². The zero-order valence-corrected chi connectivity index (χ0v) is 19.4. The van der Waals surface area contributed by atoms with E-state index in [1.165, 1.54) is 32.7 Å². The second kappa shape index (κ2) is 10.3. The van der Waals surface area contributed by atoms with E-state index in [2.05, 4.69) is 9.82 Å². The van der Waals surface area contributed by atoms with Crippen molar-refractivity contribution >= 4 is 21.7 Å². The third-order valence-electron chi connectivity index (χ3n) is 4.73. The van der Waals surface area contributed by atoms with E-state index in [-0.39, 0.29) is 24.4 Å². The number of benzene rings is 2. The fraction of sp³-hybridized carbons (Fsp3) is 0.238. The predicted molar refractivity (Wildman–Crippen MR) is 120 cm³/mol. The SMILES string of the molecule is CCOC(=O)c1cnn(-c2ccc([N+](=O)[O-])cc2S(=O)(=O)NCc2ccc(OC)cc2OC)c1. The van der Waals surface area contributed by atoms with Crippen LogP contribution in [0.1, 0.15) is 22.8 Å². The number of sulfonamides is 1. The molecule has 0 saturated heterocycles. The number of nitrogens with zero attached hydrogens (tertiary/aromatic N) is 3. The van der Waals surface area contributed by atoms with Crippen LogP contribution in [0, 0.1) is 10.1 Å². The van der Waals surface area contributed by atoms with E-state index in [0.717, 1.165) is 16.8 Å². The molecular formula is C21H22N4O8S. The molecule has 0 saturated carbocycles. The van der Waals surface area contributed by atoms with Crippen molar-refractivity contribution in [1.29, 1.82) is 0 Å². The first-order valence-corrected chi connectivity index (χ1v) is 11.4. The molecule has 0 unspecified atom stereocenters. The highest BCUT2D eigenvalue weighted by Gasteiger charge is 2.25. The maximum Gasteiger partial charge on any atom is 0.341 e. The molecule has 0 aliphatic carbocycles. The summed E-state index contributed by atoms with van der Waals surface area (Å²) in [6, 6.07) is 8.19. The number of nitro benzene ring substituents is 1. The van der Waals surface area contributed by atoms with Gasteiger partial charge in [-0.1, -0.05) is 6.07 Å². The van der Waals surface area contributed by atoms with Gasteiger partial charge in [-0.25, -0.2) is 22.6 Å². The zero-order valence-electron chi connectivity index (χ0n) is 18.5. The number of non-ortho nitro benzene ring substituents is 1. The summed E-state index contributed by atoms with van der Waals surface area (Å²) < 4.78 is 45.3. The Bertz CT molecular complexity index is 1320. The zero-order chi connectivity index (χ0) is 24.9. The Kier molecular flexibility index (Phi) is 7.48. The van der Waals surface area contributed by atoms with Gasteiger partial charge in [-0.15, -0.1) is 0 Å². The molecule has 0 bridgehead atoms. The summed E-state index contributed by atoms with van der Waals surface area (Å²) in [5, 5.41) is 15.3. The summed E-state index contributed by atoms with van der Waals surface area (Å²) in [6.45, 7) is 1.64. The lowest BCUT2D eigenvalue weighted by Crippen LogP contribution is -2.25. The highest BCUT2D eigenvalue weighted by atomic mass is 32.2. The molecule has 180 valence electrons. The predicted octanol–water partition coefficient (Wildman–Crippen LogP) is 2.45. The second-order valence-electron chi connectivity index (χ2n) is 6.81. The van der Waals surface area contributed by atoms with Crippen molar-refractivity contribution in [3.63, 3.8) is 0 Å². The van der Waals surface area contributed by atoms with E-state index in [1.807, 2.05) is 0 Å². The highest BCUT2D eigenvalue weighted by molar-refractivity contribution is 7.89. The number of rotatable bonds is 10. The first-order valence-electron chi connectivity index (χ1n) is 9.91. The van der Waals surface area contributed by atoms with E-state index < -0.39 is 31.5 Å². The summed E-state index contributed by atoms with van der Waals surface area (Å²) in [5.74, 6) is 0.290. The van der Waals surface area contributed by atoms with E-state index in [0.29, 0.717) is 17.1 Å². The molecule has 13 heteroatoms. The Labute approximate surface area is 195 Å². The Balaban J connectivity index is 1.99. The molecule has 3 rings (SSSR count). The van der Waals surface area contributed by atoms with Gasteiger partial charge in [-0.2, -0.15) is 5.10 Å². The van der Waals surface area contributed by atoms with Crippen LogP contribution in [0.2, 0.25) is 0 Å². The Morgan fingerprint density at radius 1 is 1.18 bits per heavy atom. The summed E-state index contributed by atoms with van der Waals surface area (Å²) in [5.41, 5.74) is 0.196. The van der Waals surface area contributed by atoms with Crippen LogP contribution in [0.15, 0.2) is 53.7 Å². The van der Waals surface area contributed by atoms with Gasteiger partial charge in [-0.3, -0.25) is 10.1 Å². The molecule has 3 aromatic rings. The fourth-order valence-electron chi connectivity index (χ4n) is 3.04. The Morgan fingerprint density at radius 3 is 2.59 bits per heavy atom. The summed E-state index contributed by atoms with van der Waals surface area (Å²) in [4.78, 5) is 22.2. The lowest BCUT2D eigenvalue weighted by Gasteiger charge is -2.14. The molecule has 34 heavy (non-hydrogen) atoms. The van der Waals surface area contributed by atoms with Gasteiger partial charge in [0, 0.05) is 36.5 Å². The number of ether oxygens (including phenoxy) is 3. The van der Waals surface area contributed by atoms with Gasteiger partial charge in [0.1, 0.15) is 16.4 Å². The lowest BCUT2D eigenvalue weighted by molar-refractivity contribution is -0.385. The Morgan fingerprint density at radius 2 is 1.94 bits per heavy atom. The molecular weight excluding hydrogens is 468 g/mol. The smallest absolute Gasteiger partial charge is 0.341 e. The number of hydrogen-bond donors (Lipinski definition) is 1. The van der Waals surface area contributed by atoms with Crippen LogP contribution in [0.4, 0.5) is 5.69 Å². The van der Waals surface area contributed by atoms with Gasteiger partial charge in [0.25, 0.3) is 5.69 Å². The minimum Gasteiger partial charge on any atom is -0.497 e. The molecule has 0 amide bonds. The van der Waals surface area contributed by atoms with Crippen molar-refractivity contribution in [1.82, 2.24) is 14.5 Å². The number of nitro groups is 1. The highest BCUT2D eigenvalue weighted by Crippen LogP contribution is 2.28. The van der Waals surface area contributed by atoms with Crippen molar-refractivity contribution in [2.24, 2.45) is 0 Å². The Hall–Kier alpha value is -3.97. The van der Waals surface area contributed by atoms with Gasteiger partial charge in [-0.05, 0) is 19.1 Å². The summed E-state index contributed by atoms with van der Waals surface area (Å²) >= 11 is 0. The number of hydrogen-bond acceptors (Lipinski definition) is 9. The topological polar surface area (TPSA) is 152 Å².